The number of nitrogens with zero attached hydrogens (tertiary/aromatic N) is 1. The minimum absolute atomic E-state index is 0.0538. The van der Waals surface area contributed by atoms with Crippen molar-refractivity contribution in [3.05, 3.63) is 28.2 Å². The van der Waals surface area contributed by atoms with Crippen molar-refractivity contribution in [3.63, 3.8) is 0 Å². The van der Waals surface area contributed by atoms with Gasteiger partial charge in [-0.25, -0.2) is 8.42 Å². The molecule has 0 bridgehead atoms. The first-order valence-corrected chi connectivity index (χ1v) is 11.0. The average molecular weight is 406 g/mol. The molecule has 1 aromatic carbocycles. The number of carbonyl (C=O) groups excluding carboxylic acids is 1. The number of hydrogen-bond donors (Lipinski definition) is 0. The van der Waals surface area contributed by atoms with Crippen LogP contribution in [0.3, 0.4) is 0 Å². The lowest BCUT2D eigenvalue weighted by Gasteiger charge is -2.34. The van der Waals surface area contributed by atoms with Crippen LogP contribution in [0.1, 0.15) is 32.1 Å². The minimum Gasteiger partial charge on any atom is -0.484 e. The van der Waals surface area contributed by atoms with Gasteiger partial charge in [0.15, 0.2) is 16.4 Å². The summed E-state index contributed by atoms with van der Waals surface area (Å²) in [5.74, 6) is 0.457. The number of carbonyl (C=O) groups is 1. The second-order valence-electron chi connectivity index (χ2n) is 6.69. The third-order valence-corrected chi connectivity index (χ3v) is 6.99. The number of halogens is 2. The Kier molecular flexibility index (Phi) is 5.81. The van der Waals surface area contributed by atoms with E-state index < -0.39 is 9.84 Å². The van der Waals surface area contributed by atoms with Crippen LogP contribution < -0.4 is 4.74 Å². The monoisotopic (exact) mass is 405 g/mol. The molecule has 1 aromatic rings. The fourth-order valence-electron chi connectivity index (χ4n) is 3.71. The lowest BCUT2D eigenvalue weighted by Crippen LogP contribution is -2.48. The average Bonchev–Trinajstić information content (AvgIpc) is 3.15. The molecular formula is C17H21Cl2NO4S. The summed E-state index contributed by atoms with van der Waals surface area (Å²) >= 11 is 11.9. The predicted octanol–water partition coefficient (Wildman–Crippen LogP) is 3.33. The molecule has 2 fully saturated rings. The number of amides is 1. The Morgan fingerprint density at radius 2 is 1.72 bits per heavy atom. The Balaban J connectivity index is 1.70. The summed E-state index contributed by atoms with van der Waals surface area (Å²) in [5.41, 5.74) is 0. The van der Waals surface area contributed by atoms with E-state index in [9.17, 15) is 13.2 Å². The second-order valence-corrected chi connectivity index (χ2v) is 9.79. The van der Waals surface area contributed by atoms with E-state index in [2.05, 4.69) is 0 Å². The lowest BCUT2D eigenvalue weighted by atomic mass is 10.1. The number of benzene rings is 1. The first-order chi connectivity index (χ1) is 11.8. The van der Waals surface area contributed by atoms with Crippen molar-refractivity contribution in [2.75, 3.05) is 18.1 Å². The van der Waals surface area contributed by atoms with Crippen molar-refractivity contribution in [2.24, 2.45) is 0 Å². The van der Waals surface area contributed by atoms with Crippen LogP contribution in [-0.4, -0.2) is 49.4 Å². The molecule has 1 aliphatic carbocycles. The molecule has 1 atom stereocenters. The third kappa shape index (κ3) is 4.80. The molecule has 0 N–H and O–H groups in total. The van der Waals surface area contributed by atoms with Crippen molar-refractivity contribution < 1.29 is 17.9 Å². The molecular weight excluding hydrogens is 385 g/mol. The highest BCUT2D eigenvalue weighted by atomic mass is 35.5. The molecule has 1 amide bonds. The van der Waals surface area contributed by atoms with Gasteiger partial charge in [0.05, 0.1) is 11.5 Å². The van der Waals surface area contributed by atoms with Gasteiger partial charge in [-0.3, -0.25) is 4.79 Å². The highest BCUT2D eigenvalue weighted by molar-refractivity contribution is 7.91. The van der Waals surface area contributed by atoms with Crippen molar-refractivity contribution in [2.45, 2.75) is 44.2 Å². The van der Waals surface area contributed by atoms with Gasteiger partial charge in [-0.15, -0.1) is 0 Å². The molecule has 1 saturated carbocycles. The number of hydrogen-bond acceptors (Lipinski definition) is 4. The Labute approximate surface area is 158 Å². The molecule has 0 unspecified atom stereocenters. The first kappa shape index (κ1) is 18.8. The molecule has 0 radical (unpaired) electrons. The highest BCUT2D eigenvalue weighted by Crippen LogP contribution is 2.30. The summed E-state index contributed by atoms with van der Waals surface area (Å²) in [5, 5.41) is 0.869. The summed E-state index contributed by atoms with van der Waals surface area (Å²) < 4.78 is 29.2. The summed E-state index contributed by atoms with van der Waals surface area (Å²) in [6, 6.07) is 4.65. The fraction of sp³-hybridized carbons (Fsp3) is 0.588. The van der Waals surface area contributed by atoms with Crippen LogP contribution in [-0.2, 0) is 14.6 Å². The standard InChI is InChI=1S/C17H21Cl2NO4S/c18-12-7-13(19)9-16(8-12)24-10-17(21)20(14-3-1-2-4-14)15-5-6-25(22,23)11-15/h7-9,14-15H,1-6,10-11H2/t15-/m0/s1. The van der Waals surface area contributed by atoms with Gasteiger partial charge in [0.2, 0.25) is 0 Å². The molecule has 0 aromatic heterocycles. The zero-order chi connectivity index (χ0) is 18.0. The van der Waals surface area contributed by atoms with Crippen molar-refractivity contribution >= 4 is 38.9 Å². The summed E-state index contributed by atoms with van der Waals surface area (Å²) in [4.78, 5) is 14.6. The Morgan fingerprint density at radius 3 is 2.28 bits per heavy atom. The van der Waals surface area contributed by atoms with Crippen LogP contribution in [0.15, 0.2) is 18.2 Å². The Morgan fingerprint density at radius 1 is 1.08 bits per heavy atom. The quantitative estimate of drug-likeness (QED) is 0.753. The van der Waals surface area contributed by atoms with Crippen molar-refractivity contribution in [3.8, 4) is 5.75 Å². The van der Waals surface area contributed by atoms with Gasteiger partial charge in [-0.2, -0.15) is 0 Å². The van der Waals surface area contributed by atoms with E-state index in [0.717, 1.165) is 25.7 Å². The van der Waals surface area contributed by atoms with E-state index >= 15 is 0 Å². The van der Waals surface area contributed by atoms with Gasteiger partial charge in [-0.05, 0) is 37.5 Å². The molecule has 25 heavy (non-hydrogen) atoms. The van der Waals surface area contributed by atoms with E-state index in [-0.39, 0.29) is 36.1 Å². The van der Waals surface area contributed by atoms with Gasteiger partial charge in [0.1, 0.15) is 5.75 Å². The predicted molar refractivity (Wildman–Crippen MR) is 98.1 cm³/mol. The van der Waals surface area contributed by atoms with Gasteiger partial charge in [0, 0.05) is 22.1 Å². The first-order valence-electron chi connectivity index (χ1n) is 8.44. The van der Waals surface area contributed by atoms with Crippen LogP contribution in [0.25, 0.3) is 0 Å². The highest BCUT2D eigenvalue weighted by Gasteiger charge is 2.39. The third-order valence-electron chi connectivity index (χ3n) is 4.81. The molecule has 3 rings (SSSR count). The van der Waals surface area contributed by atoms with E-state index in [1.807, 2.05) is 0 Å². The molecule has 1 saturated heterocycles. The molecule has 1 aliphatic heterocycles. The molecule has 0 spiro atoms. The summed E-state index contributed by atoms with van der Waals surface area (Å²) in [6.45, 7) is -0.149. The molecule has 8 heteroatoms. The van der Waals surface area contributed by atoms with E-state index in [1.54, 1.807) is 23.1 Å². The van der Waals surface area contributed by atoms with Gasteiger partial charge in [0.25, 0.3) is 5.91 Å². The van der Waals surface area contributed by atoms with Crippen LogP contribution in [0, 0.1) is 0 Å². The minimum atomic E-state index is -3.05. The normalized spacial score (nSPS) is 22.9. The maximum absolute atomic E-state index is 12.8. The van der Waals surface area contributed by atoms with Crippen molar-refractivity contribution in [1.29, 1.82) is 0 Å². The fourth-order valence-corrected chi connectivity index (χ4v) is 5.93. The van der Waals surface area contributed by atoms with Crippen LogP contribution in [0.2, 0.25) is 10.0 Å². The molecule has 5 nitrogen and oxygen atoms in total. The lowest BCUT2D eigenvalue weighted by molar-refractivity contribution is -0.137. The largest absolute Gasteiger partial charge is 0.484 e. The van der Waals surface area contributed by atoms with Crippen LogP contribution in [0.5, 0.6) is 5.75 Å². The molecule has 1 heterocycles. The second kappa shape index (κ2) is 7.72. The molecule has 138 valence electrons. The summed E-state index contributed by atoms with van der Waals surface area (Å²) in [6.07, 6.45) is 4.49. The smallest absolute Gasteiger partial charge is 0.261 e. The topological polar surface area (TPSA) is 63.7 Å². The van der Waals surface area contributed by atoms with Gasteiger partial charge >= 0.3 is 0 Å². The van der Waals surface area contributed by atoms with Crippen molar-refractivity contribution in [1.82, 2.24) is 4.90 Å². The van der Waals surface area contributed by atoms with E-state index in [0.29, 0.717) is 22.2 Å². The number of rotatable bonds is 5. The Hall–Kier alpha value is -0.980. The maximum atomic E-state index is 12.8. The number of ether oxygens (including phenoxy) is 1. The van der Waals surface area contributed by atoms with Gasteiger partial charge < -0.3 is 9.64 Å². The van der Waals surface area contributed by atoms with Crippen LogP contribution >= 0.6 is 23.2 Å². The zero-order valence-electron chi connectivity index (χ0n) is 13.8. The van der Waals surface area contributed by atoms with Crippen LogP contribution in [0.4, 0.5) is 0 Å². The maximum Gasteiger partial charge on any atom is 0.261 e. The van der Waals surface area contributed by atoms with Gasteiger partial charge in [-0.1, -0.05) is 36.0 Å². The van der Waals surface area contributed by atoms with E-state index in [1.165, 1.54) is 0 Å². The molecule has 2 aliphatic rings. The zero-order valence-corrected chi connectivity index (χ0v) is 16.1. The number of sulfone groups is 1. The SMILES string of the molecule is O=C(COc1cc(Cl)cc(Cl)c1)N(C1CCCC1)[C@H]1CCS(=O)(=O)C1. The van der Waals surface area contributed by atoms with E-state index in [4.69, 9.17) is 27.9 Å². The summed E-state index contributed by atoms with van der Waals surface area (Å²) in [7, 11) is -3.05. The Bertz CT molecular complexity index is 727.